The van der Waals surface area contributed by atoms with Crippen molar-refractivity contribution in [3.8, 4) is 5.75 Å². The molecule has 1 aliphatic carbocycles. The molecule has 1 aliphatic rings. The maximum absolute atomic E-state index is 5.77. The van der Waals surface area contributed by atoms with E-state index < -0.39 is 0 Å². The Kier molecular flexibility index (Phi) is 3.22. The first-order chi connectivity index (χ1) is 7.74. The summed E-state index contributed by atoms with van der Waals surface area (Å²) in [7, 11) is 1.65. The number of nitrogen functional groups attached to an aromatic ring is 1. The fourth-order valence-electron chi connectivity index (χ4n) is 2.13. The minimum absolute atomic E-state index is 0.647. The summed E-state index contributed by atoms with van der Waals surface area (Å²) >= 11 is 0. The second-order valence-electron chi connectivity index (χ2n) is 4.49. The molecular weight excluding hydrogens is 200 g/mol. The van der Waals surface area contributed by atoms with Gasteiger partial charge in [0.05, 0.1) is 12.8 Å². The number of ether oxygens (including phenoxy) is 1. The smallest absolute Gasteiger partial charge is 0.143 e. The molecule has 1 fully saturated rings. The molecule has 0 heterocycles. The van der Waals surface area contributed by atoms with E-state index >= 15 is 0 Å². The molecule has 0 bridgehead atoms. The molecule has 88 valence electrons. The first-order valence-corrected chi connectivity index (χ1v) is 5.94. The van der Waals surface area contributed by atoms with E-state index in [1.165, 1.54) is 19.3 Å². The lowest BCUT2D eigenvalue weighted by Crippen LogP contribution is -2.05. The standard InChI is InChI=1S/C13H20N2O/c1-3-4-9-7-12(9)15-10-5-6-11(14)13(8-10)16-2/h5-6,8-9,12,15H,3-4,7,14H2,1-2H3. The van der Waals surface area contributed by atoms with Crippen LogP contribution in [0.25, 0.3) is 0 Å². The SMILES string of the molecule is CCCC1CC1Nc1ccc(N)c(OC)c1. The molecule has 0 radical (unpaired) electrons. The lowest BCUT2D eigenvalue weighted by Gasteiger charge is -2.09. The highest BCUT2D eigenvalue weighted by atomic mass is 16.5. The number of anilines is 2. The first-order valence-electron chi connectivity index (χ1n) is 5.94. The van der Waals surface area contributed by atoms with E-state index in [1.807, 2.05) is 18.2 Å². The van der Waals surface area contributed by atoms with Crippen molar-refractivity contribution in [1.29, 1.82) is 0 Å². The topological polar surface area (TPSA) is 47.3 Å². The van der Waals surface area contributed by atoms with Crippen LogP contribution in [0.5, 0.6) is 5.75 Å². The van der Waals surface area contributed by atoms with Gasteiger partial charge in [0.1, 0.15) is 5.75 Å². The minimum Gasteiger partial charge on any atom is -0.495 e. The van der Waals surface area contributed by atoms with Crippen LogP contribution >= 0.6 is 0 Å². The van der Waals surface area contributed by atoms with Gasteiger partial charge in [-0.15, -0.1) is 0 Å². The van der Waals surface area contributed by atoms with Gasteiger partial charge in [0.15, 0.2) is 0 Å². The second-order valence-corrected chi connectivity index (χ2v) is 4.49. The van der Waals surface area contributed by atoms with Gasteiger partial charge < -0.3 is 15.8 Å². The molecule has 2 atom stereocenters. The number of nitrogens with two attached hydrogens (primary N) is 1. The Morgan fingerprint density at radius 2 is 2.31 bits per heavy atom. The molecule has 1 aromatic carbocycles. The van der Waals surface area contributed by atoms with Gasteiger partial charge in [0, 0.05) is 17.8 Å². The van der Waals surface area contributed by atoms with Crippen LogP contribution in [0.15, 0.2) is 18.2 Å². The Morgan fingerprint density at radius 3 is 3.00 bits per heavy atom. The molecule has 3 nitrogen and oxygen atoms in total. The van der Waals surface area contributed by atoms with Gasteiger partial charge >= 0.3 is 0 Å². The number of hydrogen-bond acceptors (Lipinski definition) is 3. The number of methoxy groups -OCH3 is 1. The normalized spacial score (nSPS) is 22.9. The third-order valence-electron chi connectivity index (χ3n) is 3.17. The molecule has 1 saturated carbocycles. The van der Waals surface area contributed by atoms with Gasteiger partial charge in [-0.2, -0.15) is 0 Å². The zero-order valence-electron chi connectivity index (χ0n) is 9.99. The molecular formula is C13H20N2O. The predicted octanol–water partition coefficient (Wildman–Crippen LogP) is 2.88. The second kappa shape index (κ2) is 4.64. The van der Waals surface area contributed by atoms with E-state index in [-0.39, 0.29) is 0 Å². The fraction of sp³-hybridized carbons (Fsp3) is 0.538. The molecule has 1 aromatic rings. The van der Waals surface area contributed by atoms with Crippen LogP contribution in [0, 0.1) is 5.92 Å². The average Bonchev–Trinajstić information content (AvgIpc) is 3.00. The molecule has 2 rings (SSSR count). The average molecular weight is 220 g/mol. The van der Waals surface area contributed by atoms with Crippen molar-refractivity contribution < 1.29 is 4.74 Å². The number of nitrogens with one attached hydrogen (secondary N) is 1. The Morgan fingerprint density at radius 1 is 1.50 bits per heavy atom. The van der Waals surface area contributed by atoms with Crippen LogP contribution in [0.3, 0.4) is 0 Å². The Hall–Kier alpha value is -1.38. The zero-order chi connectivity index (χ0) is 11.5. The van der Waals surface area contributed by atoms with Crippen molar-refractivity contribution in [3.63, 3.8) is 0 Å². The lowest BCUT2D eigenvalue weighted by atomic mass is 10.2. The van der Waals surface area contributed by atoms with Crippen molar-refractivity contribution in [2.24, 2.45) is 5.92 Å². The van der Waals surface area contributed by atoms with E-state index in [0.29, 0.717) is 11.7 Å². The first kappa shape index (κ1) is 11.1. The van der Waals surface area contributed by atoms with Crippen molar-refractivity contribution >= 4 is 11.4 Å². The van der Waals surface area contributed by atoms with Crippen LogP contribution in [-0.4, -0.2) is 13.2 Å². The maximum atomic E-state index is 5.77. The number of benzene rings is 1. The van der Waals surface area contributed by atoms with Crippen molar-refractivity contribution in [2.75, 3.05) is 18.2 Å². The largest absolute Gasteiger partial charge is 0.495 e. The van der Waals surface area contributed by atoms with Gasteiger partial charge in [-0.3, -0.25) is 0 Å². The van der Waals surface area contributed by atoms with E-state index in [9.17, 15) is 0 Å². The Balaban J connectivity index is 1.95. The van der Waals surface area contributed by atoms with Gasteiger partial charge in [-0.25, -0.2) is 0 Å². The summed E-state index contributed by atoms with van der Waals surface area (Å²) in [5, 5.41) is 3.52. The van der Waals surface area contributed by atoms with Crippen molar-refractivity contribution in [3.05, 3.63) is 18.2 Å². The fourth-order valence-corrected chi connectivity index (χ4v) is 2.13. The molecule has 3 N–H and O–H groups in total. The van der Waals surface area contributed by atoms with E-state index in [2.05, 4.69) is 12.2 Å². The predicted molar refractivity (Wildman–Crippen MR) is 67.8 cm³/mol. The Labute approximate surface area is 97.0 Å². The molecule has 3 heteroatoms. The van der Waals surface area contributed by atoms with Crippen LogP contribution in [0.4, 0.5) is 11.4 Å². The third-order valence-corrected chi connectivity index (χ3v) is 3.17. The van der Waals surface area contributed by atoms with Crippen LogP contribution < -0.4 is 15.8 Å². The van der Waals surface area contributed by atoms with Crippen LogP contribution in [0.2, 0.25) is 0 Å². The molecule has 2 unspecified atom stereocenters. The van der Waals surface area contributed by atoms with Crippen LogP contribution in [0.1, 0.15) is 26.2 Å². The van der Waals surface area contributed by atoms with Crippen molar-refractivity contribution in [1.82, 2.24) is 0 Å². The van der Waals surface area contributed by atoms with Crippen LogP contribution in [-0.2, 0) is 0 Å². The highest BCUT2D eigenvalue weighted by molar-refractivity contribution is 5.61. The summed E-state index contributed by atoms with van der Waals surface area (Å²) < 4.78 is 5.20. The van der Waals surface area contributed by atoms with Gasteiger partial charge in [-0.05, 0) is 30.9 Å². The summed E-state index contributed by atoms with van der Waals surface area (Å²) in [6.45, 7) is 2.24. The summed E-state index contributed by atoms with van der Waals surface area (Å²) in [5.74, 6) is 1.60. The Bertz CT molecular complexity index is 365. The van der Waals surface area contributed by atoms with E-state index in [0.717, 1.165) is 17.4 Å². The lowest BCUT2D eigenvalue weighted by molar-refractivity contribution is 0.417. The van der Waals surface area contributed by atoms with Gasteiger partial charge in [0.2, 0.25) is 0 Å². The molecule has 0 amide bonds. The minimum atomic E-state index is 0.647. The molecule has 0 aliphatic heterocycles. The number of hydrogen-bond donors (Lipinski definition) is 2. The quantitative estimate of drug-likeness (QED) is 0.750. The number of rotatable bonds is 5. The van der Waals surface area contributed by atoms with Gasteiger partial charge in [0.25, 0.3) is 0 Å². The van der Waals surface area contributed by atoms with E-state index in [1.54, 1.807) is 7.11 Å². The summed E-state index contributed by atoms with van der Waals surface area (Å²) in [6, 6.07) is 6.52. The summed E-state index contributed by atoms with van der Waals surface area (Å²) in [4.78, 5) is 0. The summed E-state index contributed by atoms with van der Waals surface area (Å²) in [5.41, 5.74) is 7.56. The highest BCUT2D eigenvalue weighted by Crippen LogP contribution is 2.38. The van der Waals surface area contributed by atoms with Crippen molar-refractivity contribution in [2.45, 2.75) is 32.2 Å². The highest BCUT2D eigenvalue weighted by Gasteiger charge is 2.35. The monoisotopic (exact) mass is 220 g/mol. The third kappa shape index (κ3) is 2.40. The molecule has 0 aromatic heterocycles. The summed E-state index contributed by atoms with van der Waals surface area (Å²) in [6.07, 6.45) is 3.89. The molecule has 0 saturated heterocycles. The molecule has 16 heavy (non-hydrogen) atoms. The zero-order valence-corrected chi connectivity index (χ0v) is 9.99. The van der Waals surface area contributed by atoms with Gasteiger partial charge in [-0.1, -0.05) is 13.3 Å². The maximum Gasteiger partial charge on any atom is 0.143 e. The van der Waals surface area contributed by atoms with E-state index in [4.69, 9.17) is 10.5 Å². The molecule has 0 spiro atoms.